The van der Waals surface area contributed by atoms with Crippen molar-refractivity contribution in [1.82, 2.24) is 10.4 Å². The van der Waals surface area contributed by atoms with E-state index in [2.05, 4.69) is 17.6 Å². The summed E-state index contributed by atoms with van der Waals surface area (Å²) in [5, 5.41) is 3.06. The fraction of sp³-hybridized carbons (Fsp3) is 0.167. The Morgan fingerprint density at radius 3 is 2.56 bits per heavy atom. The van der Waals surface area contributed by atoms with Gasteiger partial charge in [-0.2, -0.15) is 0 Å². The molecule has 2 rings (SSSR count). The monoisotopic (exact) mass is 254 g/mol. The highest BCUT2D eigenvalue weighted by Crippen LogP contribution is 2.16. The maximum atomic E-state index is 6.04. The van der Waals surface area contributed by atoms with Crippen LogP contribution in [0.25, 0.3) is 0 Å². The third-order valence-corrected chi connectivity index (χ3v) is 2.87. The summed E-state index contributed by atoms with van der Waals surface area (Å²) >= 11 is 11.9. The van der Waals surface area contributed by atoms with Crippen LogP contribution in [0, 0.1) is 0 Å². The minimum atomic E-state index is 0.581. The van der Waals surface area contributed by atoms with E-state index in [4.69, 9.17) is 23.2 Å². The van der Waals surface area contributed by atoms with Crippen LogP contribution in [0.2, 0.25) is 0 Å². The zero-order valence-electron chi connectivity index (χ0n) is 8.66. The summed E-state index contributed by atoms with van der Waals surface area (Å²) in [6, 6.07) is 10.3. The molecule has 1 aromatic rings. The summed E-state index contributed by atoms with van der Waals surface area (Å²) in [5.41, 5.74) is 4.27. The molecule has 0 aromatic heterocycles. The molecule has 0 unspecified atom stereocenters. The fourth-order valence-corrected chi connectivity index (χ4v) is 1.85. The minimum absolute atomic E-state index is 0.581. The summed E-state index contributed by atoms with van der Waals surface area (Å²) < 4.78 is 0. The normalized spacial score (nSPS) is 15.2. The van der Waals surface area contributed by atoms with Crippen LogP contribution in [-0.2, 0) is 6.42 Å². The number of hydrazine groups is 1. The van der Waals surface area contributed by atoms with E-state index in [9.17, 15) is 0 Å². The number of allylic oxidation sites excluding steroid dienone is 2. The van der Waals surface area contributed by atoms with Gasteiger partial charge in [0.05, 0.1) is 0 Å². The molecule has 0 fully saturated rings. The number of halogens is 2. The Hall–Kier alpha value is -1.12. The van der Waals surface area contributed by atoms with Gasteiger partial charge in [-0.05, 0) is 24.1 Å². The molecule has 0 spiro atoms. The quantitative estimate of drug-likeness (QED) is 0.834. The van der Waals surface area contributed by atoms with Crippen molar-refractivity contribution in [2.24, 2.45) is 0 Å². The van der Waals surface area contributed by atoms with Crippen molar-refractivity contribution in [2.75, 3.05) is 6.54 Å². The van der Waals surface area contributed by atoms with E-state index in [1.165, 1.54) is 5.56 Å². The van der Waals surface area contributed by atoms with Gasteiger partial charge in [-0.15, -0.1) is 0 Å². The number of hydrogen-bond donors (Lipinski definition) is 1. The first kappa shape index (κ1) is 11.4. The van der Waals surface area contributed by atoms with Crippen LogP contribution >= 0.6 is 23.2 Å². The van der Waals surface area contributed by atoms with Gasteiger partial charge < -0.3 is 0 Å². The number of nitrogens with one attached hydrogen (secondary N) is 1. The summed E-state index contributed by atoms with van der Waals surface area (Å²) in [4.78, 5) is 0. The largest absolute Gasteiger partial charge is 0.287 e. The number of rotatable bonds is 3. The molecule has 0 atom stereocenters. The second-order valence-corrected chi connectivity index (χ2v) is 4.30. The molecular formula is C12H12Cl2N2. The van der Waals surface area contributed by atoms with Gasteiger partial charge in [-0.1, -0.05) is 53.5 Å². The molecule has 1 aliphatic rings. The van der Waals surface area contributed by atoms with E-state index in [1.54, 1.807) is 12.2 Å². The molecule has 0 saturated heterocycles. The van der Waals surface area contributed by atoms with Crippen molar-refractivity contribution in [2.45, 2.75) is 6.42 Å². The van der Waals surface area contributed by atoms with Gasteiger partial charge in [0.1, 0.15) is 10.3 Å². The minimum Gasteiger partial charge on any atom is -0.287 e. The lowest BCUT2D eigenvalue weighted by Crippen LogP contribution is -2.37. The lowest BCUT2D eigenvalue weighted by atomic mass is 10.1. The molecule has 1 heterocycles. The van der Waals surface area contributed by atoms with Crippen LogP contribution in [0.3, 0.4) is 0 Å². The van der Waals surface area contributed by atoms with Gasteiger partial charge in [0.2, 0.25) is 0 Å². The highest BCUT2D eigenvalue weighted by molar-refractivity contribution is 6.31. The Kier molecular flexibility index (Phi) is 3.75. The lowest BCUT2D eigenvalue weighted by molar-refractivity contribution is 0.300. The third kappa shape index (κ3) is 2.94. The van der Waals surface area contributed by atoms with E-state index >= 15 is 0 Å². The molecule has 84 valence electrons. The topological polar surface area (TPSA) is 15.3 Å². The maximum absolute atomic E-state index is 6.04. The second kappa shape index (κ2) is 5.28. The number of benzene rings is 1. The Morgan fingerprint density at radius 2 is 1.81 bits per heavy atom. The molecule has 1 aromatic carbocycles. The molecule has 1 N–H and O–H groups in total. The van der Waals surface area contributed by atoms with Crippen molar-refractivity contribution in [1.29, 1.82) is 0 Å². The van der Waals surface area contributed by atoms with E-state index in [0.717, 1.165) is 13.0 Å². The van der Waals surface area contributed by atoms with Crippen LogP contribution in [-0.4, -0.2) is 11.6 Å². The molecule has 1 aliphatic heterocycles. The van der Waals surface area contributed by atoms with Crippen LogP contribution in [0.5, 0.6) is 0 Å². The van der Waals surface area contributed by atoms with Gasteiger partial charge in [0.25, 0.3) is 0 Å². The third-order valence-electron chi connectivity index (χ3n) is 2.33. The second-order valence-electron chi connectivity index (χ2n) is 3.50. The van der Waals surface area contributed by atoms with Gasteiger partial charge in [-0.25, -0.2) is 0 Å². The van der Waals surface area contributed by atoms with E-state index in [1.807, 2.05) is 23.2 Å². The first-order valence-corrected chi connectivity index (χ1v) is 5.82. The average Bonchev–Trinajstić information content (AvgIpc) is 2.32. The van der Waals surface area contributed by atoms with Gasteiger partial charge in [0, 0.05) is 6.54 Å². The molecular weight excluding hydrogens is 243 g/mol. The standard InChI is InChI=1S/C12H12Cl2N2/c13-11-6-7-12(14)16(15-11)9-8-10-4-2-1-3-5-10/h1-7,15H,8-9H2. The van der Waals surface area contributed by atoms with Crippen molar-refractivity contribution >= 4 is 23.2 Å². The SMILES string of the molecule is ClC1=CC=C(Cl)N(CCc2ccccc2)N1. The molecule has 0 saturated carbocycles. The predicted octanol–water partition coefficient (Wildman–Crippen LogP) is 3.21. The van der Waals surface area contributed by atoms with Crippen molar-refractivity contribution in [3.05, 3.63) is 58.4 Å². The smallest absolute Gasteiger partial charge is 0.123 e. The highest BCUT2D eigenvalue weighted by Gasteiger charge is 2.11. The zero-order chi connectivity index (χ0) is 11.4. The Balaban J connectivity index is 1.92. The Morgan fingerprint density at radius 1 is 1.06 bits per heavy atom. The van der Waals surface area contributed by atoms with Gasteiger partial charge in [-0.3, -0.25) is 10.4 Å². The van der Waals surface area contributed by atoms with Crippen molar-refractivity contribution in [3.8, 4) is 0 Å². The van der Waals surface area contributed by atoms with Crippen molar-refractivity contribution < 1.29 is 0 Å². The van der Waals surface area contributed by atoms with Crippen LogP contribution in [0.15, 0.2) is 52.8 Å². The van der Waals surface area contributed by atoms with Gasteiger partial charge in [0.15, 0.2) is 0 Å². The first-order valence-electron chi connectivity index (χ1n) is 5.07. The Labute approximate surface area is 105 Å². The summed E-state index contributed by atoms with van der Waals surface area (Å²) in [6.07, 6.45) is 4.44. The summed E-state index contributed by atoms with van der Waals surface area (Å²) in [5.74, 6) is 0. The summed E-state index contributed by atoms with van der Waals surface area (Å²) in [7, 11) is 0. The van der Waals surface area contributed by atoms with E-state index in [-0.39, 0.29) is 0 Å². The van der Waals surface area contributed by atoms with Crippen molar-refractivity contribution in [3.63, 3.8) is 0 Å². The predicted molar refractivity (Wildman–Crippen MR) is 67.9 cm³/mol. The van der Waals surface area contributed by atoms with E-state index < -0.39 is 0 Å². The molecule has 0 bridgehead atoms. The Bertz CT molecular complexity index is 412. The molecule has 2 nitrogen and oxygen atoms in total. The van der Waals surface area contributed by atoms with E-state index in [0.29, 0.717) is 10.3 Å². The molecule has 16 heavy (non-hydrogen) atoms. The highest BCUT2D eigenvalue weighted by atomic mass is 35.5. The summed E-state index contributed by atoms with van der Waals surface area (Å²) in [6.45, 7) is 0.781. The van der Waals surface area contributed by atoms with Crippen LogP contribution in [0.4, 0.5) is 0 Å². The molecule has 0 aliphatic carbocycles. The number of hydrogen-bond acceptors (Lipinski definition) is 2. The van der Waals surface area contributed by atoms with Crippen LogP contribution < -0.4 is 5.43 Å². The maximum Gasteiger partial charge on any atom is 0.123 e. The lowest BCUT2D eigenvalue weighted by Gasteiger charge is -2.27. The molecule has 0 radical (unpaired) electrons. The average molecular weight is 255 g/mol. The first-order chi connectivity index (χ1) is 7.75. The number of nitrogens with zero attached hydrogens (tertiary/aromatic N) is 1. The zero-order valence-corrected chi connectivity index (χ0v) is 10.2. The fourth-order valence-electron chi connectivity index (χ4n) is 1.50. The van der Waals surface area contributed by atoms with Gasteiger partial charge >= 0.3 is 0 Å². The molecule has 0 amide bonds. The molecule has 4 heteroatoms. The van der Waals surface area contributed by atoms with Crippen LogP contribution in [0.1, 0.15) is 5.56 Å².